The maximum atomic E-state index is 5.87. The molecule has 0 aromatic carbocycles. The van der Waals surface area contributed by atoms with Crippen LogP contribution in [0.25, 0.3) is 0 Å². The van der Waals surface area contributed by atoms with E-state index in [4.69, 9.17) is 10.5 Å². The van der Waals surface area contributed by atoms with Crippen molar-refractivity contribution in [3.05, 3.63) is 0 Å². The lowest BCUT2D eigenvalue weighted by Crippen LogP contribution is -2.59. The van der Waals surface area contributed by atoms with Crippen molar-refractivity contribution < 1.29 is 4.74 Å². The molecule has 0 aromatic heterocycles. The predicted molar refractivity (Wildman–Crippen MR) is 51.0 cm³/mol. The zero-order valence-corrected chi connectivity index (χ0v) is 8.63. The molecule has 1 aliphatic rings. The molecule has 0 unspecified atom stereocenters. The zero-order valence-electron chi connectivity index (χ0n) is 8.63. The van der Waals surface area contributed by atoms with Crippen LogP contribution in [0.5, 0.6) is 0 Å². The maximum absolute atomic E-state index is 5.87. The lowest BCUT2D eigenvalue weighted by molar-refractivity contribution is -0.114. The number of rotatable bonds is 3. The Morgan fingerprint density at radius 1 is 1.50 bits per heavy atom. The minimum absolute atomic E-state index is 0.189. The molecule has 2 N–H and O–H groups in total. The van der Waals surface area contributed by atoms with Crippen molar-refractivity contribution in [1.29, 1.82) is 0 Å². The summed E-state index contributed by atoms with van der Waals surface area (Å²) >= 11 is 0. The Morgan fingerprint density at radius 2 is 2.08 bits per heavy atom. The highest BCUT2D eigenvalue weighted by Gasteiger charge is 2.46. The molecule has 1 aliphatic carbocycles. The minimum Gasteiger partial charge on any atom is -0.377 e. The van der Waals surface area contributed by atoms with Crippen LogP contribution >= 0.6 is 0 Å². The van der Waals surface area contributed by atoms with E-state index in [-0.39, 0.29) is 5.41 Å². The van der Waals surface area contributed by atoms with Gasteiger partial charge < -0.3 is 10.5 Å². The standard InChI is InChI=1S/C10H21NO/c1-7(2)6-12-9-5-8(11)10(9,3)4/h7-9H,5-6,11H2,1-4H3/t8-,9-/m1/s1. The average molecular weight is 171 g/mol. The largest absolute Gasteiger partial charge is 0.377 e. The molecule has 12 heavy (non-hydrogen) atoms. The molecule has 0 aliphatic heterocycles. The van der Waals surface area contributed by atoms with Gasteiger partial charge in [0.05, 0.1) is 6.10 Å². The Bertz CT molecular complexity index is 154. The van der Waals surface area contributed by atoms with Crippen LogP contribution < -0.4 is 5.73 Å². The Kier molecular flexibility index (Phi) is 2.79. The smallest absolute Gasteiger partial charge is 0.0655 e. The fraction of sp³-hybridized carbons (Fsp3) is 1.00. The van der Waals surface area contributed by atoms with Crippen LogP contribution in [0.15, 0.2) is 0 Å². The molecule has 72 valence electrons. The monoisotopic (exact) mass is 171 g/mol. The Balaban J connectivity index is 2.28. The van der Waals surface area contributed by atoms with Gasteiger partial charge in [0.1, 0.15) is 0 Å². The summed E-state index contributed by atoms with van der Waals surface area (Å²) in [5, 5.41) is 0. The molecule has 0 radical (unpaired) electrons. The Labute approximate surface area is 75.5 Å². The van der Waals surface area contributed by atoms with E-state index in [0.29, 0.717) is 18.1 Å². The van der Waals surface area contributed by atoms with Gasteiger partial charge in [0.2, 0.25) is 0 Å². The summed E-state index contributed by atoms with van der Waals surface area (Å²) in [5.74, 6) is 0.623. The molecular weight excluding hydrogens is 150 g/mol. The van der Waals surface area contributed by atoms with E-state index in [0.717, 1.165) is 13.0 Å². The van der Waals surface area contributed by atoms with Crippen molar-refractivity contribution in [2.24, 2.45) is 17.1 Å². The SMILES string of the molecule is CC(C)CO[C@@H]1C[C@@H](N)C1(C)C. The van der Waals surface area contributed by atoms with E-state index in [2.05, 4.69) is 27.7 Å². The first-order valence-electron chi connectivity index (χ1n) is 4.81. The molecular formula is C10H21NO. The van der Waals surface area contributed by atoms with Crippen LogP contribution in [-0.2, 0) is 4.74 Å². The van der Waals surface area contributed by atoms with Crippen LogP contribution in [-0.4, -0.2) is 18.8 Å². The third-order valence-corrected chi connectivity index (χ3v) is 2.88. The van der Waals surface area contributed by atoms with Gasteiger partial charge in [0.15, 0.2) is 0 Å². The summed E-state index contributed by atoms with van der Waals surface area (Å²) in [6, 6.07) is 0.328. The summed E-state index contributed by atoms with van der Waals surface area (Å²) in [5.41, 5.74) is 6.06. The van der Waals surface area contributed by atoms with Crippen LogP contribution in [0.4, 0.5) is 0 Å². The van der Waals surface area contributed by atoms with Crippen molar-refractivity contribution >= 4 is 0 Å². The van der Waals surface area contributed by atoms with Gasteiger partial charge in [0.25, 0.3) is 0 Å². The Hall–Kier alpha value is -0.0800. The quantitative estimate of drug-likeness (QED) is 0.702. The average Bonchev–Trinajstić information content (AvgIpc) is 1.97. The third-order valence-electron chi connectivity index (χ3n) is 2.88. The van der Waals surface area contributed by atoms with Gasteiger partial charge >= 0.3 is 0 Å². The molecule has 2 heteroatoms. The van der Waals surface area contributed by atoms with E-state index < -0.39 is 0 Å². The van der Waals surface area contributed by atoms with E-state index in [1.807, 2.05) is 0 Å². The molecule has 1 rings (SSSR count). The lowest BCUT2D eigenvalue weighted by atomic mass is 9.65. The first kappa shape index (κ1) is 10.0. The highest BCUT2D eigenvalue weighted by molar-refractivity contribution is 5.00. The van der Waals surface area contributed by atoms with Gasteiger partial charge in [-0.25, -0.2) is 0 Å². The summed E-state index contributed by atoms with van der Waals surface area (Å²) in [6.45, 7) is 9.58. The van der Waals surface area contributed by atoms with Crippen molar-refractivity contribution in [3.8, 4) is 0 Å². The van der Waals surface area contributed by atoms with Crippen LogP contribution in [0.1, 0.15) is 34.1 Å². The molecule has 0 aromatic rings. The summed E-state index contributed by atoms with van der Waals surface area (Å²) in [6.07, 6.45) is 1.41. The van der Waals surface area contributed by atoms with Crippen LogP contribution in [0, 0.1) is 11.3 Å². The van der Waals surface area contributed by atoms with E-state index in [1.54, 1.807) is 0 Å². The second-order valence-electron chi connectivity index (χ2n) is 4.88. The second-order valence-corrected chi connectivity index (χ2v) is 4.88. The van der Waals surface area contributed by atoms with Gasteiger partial charge in [0, 0.05) is 18.1 Å². The highest BCUT2D eigenvalue weighted by atomic mass is 16.5. The van der Waals surface area contributed by atoms with Gasteiger partial charge in [-0.1, -0.05) is 27.7 Å². The highest BCUT2D eigenvalue weighted by Crippen LogP contribution is 2.41. The number of hydrogen-bond donors (Lipinski definition) is 1. The number of hydrogen-bond acceptors (Lipinski definition) is 2. The van der Waals surface area contributed by atoms with Crippen molar-refractivity contribution in [1.82, 2.24) is 0 Å². The fourth-order valence-corrected chi connectivity index (χ4v) is 1.51. The van der Waals surface area contributed by atoms with Gasteiger partial charge in [-0.05, 0) is 12.3 Å². The van der Waals surface area contributed by atoms with Gasteiger partial charge in [-0.2, -0.15) is 0 Å². The second kappa shape index (κ2) is 3.35. The van der Waals surface area contributed by atoms with Gasteiger partial charge in [-0.3, -0.25) is 0 Å². The maximum Gasteiger partial charge on any atom is 0.0655 e. The molecule has 0 bridgehead atoms. The number of ether oxygens (including phenoxy) is 1. The molecule has 2 nitrogen and oxygen atoms in total. The first-order chi connectivity index (χ1) is 5.44. The molecule has 0 spiro atoms. The summed E-state index contributed by atoms with van der Waals surface area (Å²) in [4.78, 5) is 0. The topological polar surface area (TPSA) is 35.2 Å². The molecule has 0 amide bonds. The minimum atomic E-state index is 0.189. The zero-order chi connectivity index (χ0) is 9.35. The third kappa shape index (κ3) is 1.80. The Morgan fingerprint density at radius 3 is 2.42 bits per heavy atom. The normalized spacial score (nSPS) is 33.5. The molecule has 0 heterocycles. The molecule has 1 saturated carbocycles. The lowest BCUT2D eigenvalue weighted by Gasteiger charge is -2.50. The van der Waals surface area contributed by atoms with Crippen molar-refractivity contribution in [3.63, 3.8) is 0 Å². The summed E-state index contributed by atoms with van der Waals surface area (Å²) < 4.78 is 5.75. The summed E-state index contributed by atoms with van der Waals surface area (Å²) in [7, 11) is 0. The number of nitrogens with two attached hydrogens (primary N) is 1. The van der Waals surface area contributed by atoms with Gasteiger partial charge in [-0.15, -0.1) is 0 Å². The molecule has 1 fully saturated rings. The van der Waals surface area contributed by atoms with E-state index in [9.17, 15) is 0 Å². The van der Waals surface area contributed by atoms with E-state index in [1.165, 1.54) is 0 Å². The molecule has 2 atom stereocenters. The molecule has 0 saturated heterocycles. The van der Waals surface area contributed by atoms with Crippen LogP contribution in [0.2, 0.25) is 0 Å². The fourth-order valence-electron chi connectivity index (χ4n) is 1.51. The van der Waals surface area contributed by atoms with Crippen molar-refractivity contribution in [2.75, 3.05) is 6.61 Å². The van der Waals surface area contributed by atoms with E-state index >= 15 is 0 Å². The van der Waals surface area contributed by atoms with Crippen molar-refractivity contribution in [2.45, 2.75) is 46.3 Å². The van der Waals surface area contributed by atoms with Crippen LogP contribution in [0.3, 0.4) is 0 Å². The predicted octanol–water partition coefficient (Wildman–Crippen LogP) is 1.78. The first-order valence-corrected chi connectivity index (χ1v) is 4.81.